The number of carbonyl (C=O) groups is 1. The van der Waals surface area contributed by atoms with E-state index in [9.17, 15) is 4.79 Å². The molecule has 0 aliphatic carbocycles. The summed E-state index contributed by atoms with van der Waals surface area (Å²) in [5.74, 6) is -0.0953. The normalized spacial score (nSPS) is 10.8. The van der Waals surface area contributed by atoms with E-state index in [0.717, 1.165) is 6.54 Å². The third-order valence-electron chi connectivity index (χ3n) is 3.67. The summed E-state index contributed by atoms with van der Waals surface area (Å²) >= 11 is 0. The van der Waals surface area contributed by atoms with Crippen molar-refractivity contribution in [2.75, 3.05) is 20.6 Å². The summed E-state index contributed by atoms with van der Waals surface area (Å²) in [4.78, 5) is 11.3. The molecular weight excluding hydrogens is 328 g/mol. The van der Waals surface area contributed by atoms with Crippen LogP contribution in [0, 0.1) is 0 Å². The van der Waals surface area contributed by atoms with E-state index in [-0.39, 0.29) is 22.9 Å². The van der Waals surface area contributed by atoms with Gasteiger partial charge in [0.2, 0.25) is 0 Å². The summed E-state index contributed by atoms with van der Waals surface area (Å²) in [5, 5.41) is 0. The molecule has 21 heavy (non-hydrogen) atoms. The van der Waals surface area contributed by atoms with Gasteiger partial charge in [0, 0.05) is 6.08 Å². The van der Waals surface area contributed by atoms with Gasteiger partial charge in [-0.15, -0.1) is 0 Å². The summed E-state index contributed by atoms with van der Waals surface area (Å²) in [5.41, 5.74) is 2.92. The molecular formula is C17H35BrN2O. The van der Waals surface area contributed by atoms with Gasteiger partial charge in [-0.3, -0.25) is 4.79 Å². The lowest BCUT2D eigenvalue weighted by Crippen LogP contribution is -3.00. The van der Waals surface area contributed by atoms with Crippen molar-refractivity contribution in [1.29, 1.82) is 0 Å². The van der Waals surface area contributed by atoms with E-state index in [1.54, 1.807) is 0 Å². The van der Waals surface area contributed by atoms with Crippen molar-refractivity contribution in [3.8, 4) is 0 Å². The zero-order valence-corrected chi connectivity index (χ0v) is 15.9. The Morgan fingerprint density at radius 1 is 0.952 bits per heavy atom. The van der Waals surface area contributed by atoms with Gasteiger partial charge in [-0.1, -0.05) is 64.9 Å². The minimum atomic E-state index is -0.0953. The summed E-state index contributed by atoms with van der Waals surface area (Å²) in [6.45, 7) is 6.72. The van der Waals surface area contributed by atoms with Crippen molar-refractivity contribution < 1.29 is 26.4 Å². The quantitative estimate of drug-likeness (QED) is 0.227. The molecule has 4 heteroatoms. The van der Waals surface area contributed by atoms with Gasteiger partial charge in [0.05, 0.1) is 14.1 Å². The maximum atomic E-state index is 11.3. The van der Waals surface area contributed by atoms with Crippen molar-refractivity contribution >= 4 is 5.91 Å². The lowest BCUT2D eigenvalue weighted by Gasteiger charge is -2.28. The van der Waals surface area contributed by atoms with Crippen molar-refractivity contribution in [3.05, 3.63) is 12.7 Å². The zero-order valence-electron chi connectivity index (χ0n) is 14.3. The molecule has 0 aromatic heterocycles. The Bertz CT molecular complexity index is 268. The molecule has 0 rings (SSSR count). The lowest BCUT2D eigenvalue weighted by atomic mass is 10.1. The SMILES string of the molecule is C=CC(=O)N[N+](C)(C)CCCCCCCCCCCC.[Br-]. The molecule has 0 heterocycles. The number of quaternary nitrogens is 1. The fourth-order valence-corrected chi connectivity index (χ4v) is 2.39. The summed E-state index contributed by atoms with van der Waals surface area (Å²) < 4.78 is 0.544. The summed E-state index contributed by atoms with van der Waals surface area (Å²) in [6, 6.07) is 0. The predicted molar refractivity (Wildman–Crippen MR) is 87.2 cm³/mol. The second-order valence-corrected chi connectivity index (χ2v) is 6.27. The first-order valence-electron chi connectivity index (χ1n) is 8.29. The maximum absolute atomic E-state index is 11.3. The van der Waals surface area contributed by atoms with Crippen LogP contribution in [0.3, 0.4) is 0 Å². The minimum Gasteiger partial charge on any atom is -1.00 e. The van der Waals surface area contributed by atoms with Crippen LogP contribution < -0.4 is 22.4 Å². The van der Waals surface area contributed by atoms with Gasteiger partial charge in [0.15, 0.2) is 0 Å². The number of hydrogen-bond acceptors (Lipinski definition) is 1. The number of nitrogens with one attached hydrogen (secondary N) is 1. The van der Waals surface area contributed by atoms with Crippen LogP contribution in [-0.4, -0.2) is 31.1 Å². The molecule has 0 spiro atoms. The minimum absolute atomic E-state index is 0. The molecule has 126 valence electrons. The van der Waals surface area contributed by atoms with Crippen molar-refractivity contribution in [3.63, 3.8) is 0 Å². The molecule has 0 atom stereocenters. The van der Waals surface area contributed by atoms with Crippen LogP contribution in [0.25, 0.3) is 0 Å². The van der Waals surface area contributed by atoms with Crippen molar-refractivity contribution in [2.45, 2.75) is 71.1 Å². The van der Waals surface area contributed by atoms with Crippen LogP contribution in [0.2, 0.25) is 0 Å². The first kappa shape index (κ1) is 22.9. The molecule has 0 fully saturated rings. The summed E-state index contributed by atoms with van der Waals surface area (Å²) in [7, 11) is 4.05. The molecule has 0 aromatic carbocycles. The molecule has 0 unspecified atom stereocenters. The zero-order chi connectivity index (χ0) is 15.3. The standard InChI is InChI=1S/C17H34N2O.BrH/c1-5-7-8-9-10-11-12-13-14-15-16-19(3,4)18-17(20)6-2;/h6H,2,5,7-16H2,1,3-4H3;1H. The Hall–Kier alpha value is -0.350. The lowest BCUT2D eigenvalue weighted by molar-refractivity contribution is -0.925. The molecule has 0 bridgehead atoms. The highest BCUT2D eigenvalue weighted by molar-refractivity contribution is 5.85. The average molecular weight is 363 g/mol. The van der Waals surface area contributed by atoms with Gasteiger partial charge in [-0.05, 0) is 12.8 Å². The van der Waals surface area contributed by atoms with Crippen LogP contribution in [-0.2, 0) is 4.79 Å². The first-order chi connectivity index (χ1) is 9.52. The smallest absolute Gasteiger partial charge is 0.288 e. The van der Waals surface area contributed by atoms with E-state index in [1.165, 1.54) is 70.3 Å². The molecule has 3 nitrogen and oxygen atoms in total. The fourth-order valence-electron chi connectivity index (χ4n) is 2.39. The van der Waals surface area contributed by atoms with Gasteiger partial charge in [0.1, 0.15) is 6.54 Å². The molecule has 0 radical (unpaired) electrons. The van der Waals surface area contributed by atoms with Gasteiger partial charge in [-0.2, -0.15) is 5.43 Å². The molecule has 1 N–H and O–H groups in total. The van der Waals surface area contributed by atoms with Crippen LogP contribution in [0.5, 0.6) is 0 Å². The van der Waals surface area contributed by atoms with Crippen molar-refractivity contribution in [2.24, 2.45) is 0 Å². The van der Waals surface area contributed by atoms with E-state index in [4.69, 9.17) is 0 Å². The second-order valence-electron chi connectivity index (χ2n) is 6.27. The topological polar surface area (TPSA) is 29.1 Å². The monoisotopic (exact) mass is 362 g/mol. The number of rotatable bonds is 13. The number of halogens is 1. The van der Waals surface area contributed by atoms with E-state index in [0.29, 0.717) is 4.59 Å². The van der Waals surface area contributed by atoms with Crippen LogP contribution >= 0.6 is 0 Å². The molecule has 0 aliphatic rings. The highest BCUT2D eigenvalue weighted by Crippen LogP contribution is 2.11. The Balaban J connectivity index is 0. The first-order valence-corrected chi connectivity index (χ1v) is 8.29. The van der Waals surface area contributed by atoms with Crippen LogP contribution in [0.15, 0.2) is 12.7 Å². The Kier molecular flexibility index (Phi) is 15.9. The highest BCUT2D eigenvalue weighted by Gasteiger charge is 2.16. The largest absolute Gasteiger partial charge is 1.00 e. The van der Waals surface area contributed by atoms with Gasteiger partial charge >= 0.3 is 0 Å². The van der Waals surface area contributed by atoms with Gasteiger partial charge in [0.25, 0.3) is 5.91 Å². The molecule has 0 aromatic rings. The molecule has 0 saturated heterocycles. The van der Waals surface area contributed by atoms with E-state index in [1.807, 2.05) is 14.1 Å². The Labute approximate surface area is 142 Å². The third-order valence-corrected chi connectivity index (χ3v) is 3.67. The number of nitrogens with zero attached hydrogens (tertiary/aromatic N) is 1. The number of unbranched alkanes of at least 4 members (excludes halogenated alkanes) is 9. The number of amides is 1. The molecule has 1 amide bonds. The maximum Gasteiger partial charge on any atom is 0.288 e. The van der Waals surface area contributed by atoms with E-state index >= 15 is 0 Å². The Morgan fingerprint density at radius 2 is 1.38 bits per heavy atom. The highest BCUT2D eigenvalue weighted by atomic mass is 79.9. The van der Waals surface area contributed by atoms with E-state index in [2.05, 4.69) is 18.9 Å². The van der Waals surface area contributed by atoms with Crippen LogP contribution in [0.1, 0.15) is 71.1 Å². The number of hydrogen-bond donors (Lipinski definition) is 1. The number of carbonyl (C=O) groups excluding carboxylic acids is 1. The fraction of sp³-hybridized carbons (Fsp3) is 0.824. The molecule has 0 aliphatic heterocycles. The van der Waals surface area contributed by atoms with Gasteiger partial charge < -0.3 is 17.0 Å². The van der Waals surface area contributed by atoms with Gasteiger partial charge in [-0.25, -0.2) is 4.59 Å². The second kappa shape index (κ2) is 14.6. The molecule has 0 saturated carbocycles. The van der Waals surface area contributed by atoms with Crippen LogP contribution in [0.4, 0.5) is 0 Å². The summed E-state index contributed by atoms with van der Waals surface area (Å²) in [6.07, 6.45) is 14.8. The Morgan fingerprint density at radius 3 is 1.81 bits per heavy atom. The predicted octanol–water partition coefficient (Wildman–Crippen LogP) is 1.20. The average Bonchev–Trinajstić information content (AvgIpc) is 2.40. The third kappa shape index (κ3) is 15.9. The van der Waals surface area contributed by atoms with Crippen molar-refractivity contribution in [1.82, 2.24) is 5.43 Å². The van der Waals surface area contributed by atoms with E-state index < -0.39 is 0 Å².